The first kappa shape index (κ1) is 13.8. The van der Waals surface area contributed by atoms with E-state index in [-0.39, 0.29) is 0 Å². The summed E-state index contributed by atoms with van der Waals surface area (Å²) in [4.78, 5) is 0. The van der Waals surface area contributed by atoms with E-state index >= 15 is 0 Å². The molecule has 0 unspecified atom stereocenters. The molecule has 104 valence electrons. The largest absolute Gasteiger partial charge is 0.273 e. The normalized spacial score (nSPS) is 10.9. The first-order chi connectivity index (χ1) is 9.45. The maximum absolute atomic E-state index is 4.21. The first-order valence-electron chi connectivity index (χ1n) is 7.40. The van der Waals surface area contributed by atoms with Crippen LogP contribution in [0.1, 0.15) is 44.9 Å². The molecule has 0 N–H and O–H groups in total. The second-order valence-corrected chi connectivity index (χ2v) is 5.01. The van der Waals surface area contributed by atoms with Crippen LogP contribution in [0.5, 0.6) is 0 Å². The number of rotatable bonds is 10. The molecule has 0 spiro atoms. The van der Waals surface area contributed by atoms with Crippen LogP contribution in [0.2, 0.25) is 0 Å². The van der Waals surface area contributed by atoms with Gasteiger partial charge in [-0.2, -0.15) is 10.2 Å². The Hall–Kier alpha value is -1.58. The predicted octanol–water partition coefficient (Wildman–Crippen LogP) is 3.51. The van der Waals surface area contributed by atoms with Crippen LogP contribution < -0.4 is 0 Å². The minimum atomic E-state index is 1.06. The van der Waals surface area contributed by atoms with Crippen LogP contribution >= 0.6 is 0 Å². The maximum atomic E-state index is 4.21. The second-order valence-electron chi connectivity index (χ2n) is 5.01. The van der Waals surface area contributed by atoms with Gasteiger partial charge in [-0.25, -0.2) is 0 Å². The number of aromatic nitrogens is 4. The van der Waals surface area contributed by atoms with E-state index in [0.29, 0.717) is 0 Å². The molecule has 0 amide bonds. The zero-order valence-electron chi connectivity index (χ0n) is 11.6. The van der Waals surface area contributed by atoms with Crippen LogP contribution in [-0.2, 0) is 13.1 Å². The van der Waals surface area contributed by atoms with E-state index in [1.165, 1.54) is 44.9 Å². The van der Waals surface area contributed by atoms with Crippen molar-refractivity contribution >= 4 is 0 Å². The maximum Gasteiger partial charge on any atom is 0.0489 e. The molecule has 0 atom stereocenters. The quantitative estimate of drug-likeness (QED) is 0.613. The first-order valence-corrected chi connectivity index (χ1v) is 7.40. The topological polar surface area (TPSA) is 35.6 Å². The standard InChI is InChI=1S/C15H24N4/c1(2-4-6-12-18-14-8-10-16-18)3-5-7-13-19-15-9-11-17-19/h8-11,14-15H,1-7,12-13H2. The number of unbranched alkanes of at least 4 members (excludes halogenated alkanes) is 6. The Kier molecular flexibility index (Phi) is 6.20. The highest BCUT2D eigenvalue weighted by molar-refractivity contribution is 4.78. The third-order valence-corrected chi connectivity index (χ3v) is 3.39. The number of nitrogens with zero attached hydrogens (tertiary/aromatic N) is 4. The van der Waals surface area contributed by atoms with E-state index in [4.69, 9.17) is 0 Å². The third-order valence-electron chi connectivity index (χ3n) is 3.39. The molecule has 0 fully saturated rings. The average Bonchev–Trinajstić information content (AvgIpc) is 3.10. The fraction of sp³-hybridized carbons (Fsp3) is 0.600. The van der Waals surface area contributed by atoms with Crippen molar-refractivity contribution in [1.29, 1.82) is 0 Å². The molecule has 19 heavy (non-hydrogen) atoms. The molecule has 0 aromatic carbocycles. The number of hydrogen-bond acceptors (Lipinski definition) is 2. The zero-order chi connectivity index (χ0) is 13.2. The van der Waals surface area contributed by atoms with Gasteiger partial charge in [-0.15, -0.1) is 0 Å². The van der Waals surface area contributed by atoms with Crippen LogP contribution in [0.3, 0.4) is 0 Å². The van der Waals surface area contributed by atoms with Crippen LogP contribution in [0.4, 0.5) is 0 Å². The fourth-order valence-electron chi connectivity index (χ4n) is 2.30. The lowest BCUT2D eigenvalue weighted by atomic mass is 10.1. The molecule has 0 radical (unpaired) electrons. The Morgan fingerprint density at radius 1 is 0.579 bits per heavy atom. The summed E-state index contributed by atoms with van der Waals surface area (Å²) in [5.74, 6) is 0. The minimum Gasteiger partial charge on any atom is -0.273 e. The summed E-state index contributed by atoms with van der Waals surface area (Å²) in [7, 11) is 0. The Morgan fingerprint density at radius 3 is 1.37 bits per heavy atom. The summed E-state index contributed by atoms with van der Waals surface area (Å²) in [5.41, 5.74) is 0. The summed E-state index contributed by atoms with van der Waals surface area (Å²) < 4.78 is 4.04. The SMILES string of the molecule is c1cnn(CCCCCCCCCn2cccn2)c1. The van der Waals surface area contributed by atoms with Gasteiger partial charge in [0.25, 0.3) is 0 Å². The molecule has 0 aliphatic carbocycles. The Balaban J connectivity index is 1.36. The van der Waals surface area contributed by atoms with E-state index < -0.39 is 0 Å². The van der Waals surface area contributed by atoms with E-state index in [9.17, 15) is 0 Å². The summed E-state index contributed by atoms with van der Waals surface area (Å²) in [6, 6.07) is 3.97. The minimum absolute atomic E-state index is 1.06. The highest BCUT2D eigenvalue weighted by Crippen LogP contribution is 2.08. The van der Waals surface area contributed by atoms with Crippen molar-refractivity contribution in [2.24, 2.45) is 0 Å². The molecule has 0 saturated carbocycles. The van der Waals surface area contributed by atoms with Gasteiger partial charge >= 0.3 is 0 Å². The van der Waals surface area contributed by atoms with Crippen LogP contribution in [0.25, 0.3) is 0 Å². The Morgan fingerprint density at radius 2 is 1.00 bits per heavy atom. The van der Waals surface area contributed by atoms with Gasteiger partial charge < -0.3 is 0 Å². The molecule has 2 heterocycles. The van der Waals surface area contributed by atoms with Crippen molar-refractivity contribution in [2.75, 3.05) is 0 Å². The molecule has 0 saturated heterocycles. The fourth-order valence-corrected chi connectivity index (χ4v) is 2.30. The molecular weight excluding hydrogens is 236 g/mol. The molecule has 4 heteroatoms. The lowest BCUT2D eigenvalue weighted by Crippen LogP contribution is -1.98. The van der Waals surface area contributed by atoms with Crippen molar-refractivity contribution in [3.8, 4) is 0 Å². The molecule has 0 aliphatic heterocycles. The average molecular weight is 260 g/mol. The Bertz CT molecular complexity index is 365. The van der Waals surface area contributed by atoms with Crippen LogP contribution in [0, 0.1) is 0 Å². The van der Waals surface area contributed by atoms with Crippen LogP contribution in [0.15, 0.2) is 36.9 Å². The molecule has 2 rings (SSSR count). The van der Waals surface area contributed by atoms with Gasteiger partial charge in [0.2, 0.25) is 0 Å². The molecule has 2 aromatic rings. The zero-order valence-corrected chi connectivity index (χ0v) is 11.6. The summed E-state index contributed by atoms with van der Waals surface area (Å²) in [5, 5.41) is 8.41. The summed E-state index contributed by atoms with van der Waals surface area (Å²) >= 11 is 0. The molecular formula is C15H24N4. The van der Waals surface area contributed by atoms with Gasteiger partial charge in [-0.05, 0) is 25.0 Å². The van der Waals surface area contributed by atoms with Crippen molar-refractivity contribution in [3.63, 3.8) is 0 Å². The Labute approximate surface area is 115 Å². The van der Waals surface area contributed by atoms with E-state index in [1.807, 2.05) is 46.3 Å². The lowest BCUT2D eigenvalue weighted by molar-refractivity contribution is 0.502. The van der Waals surface area contributed by atoms with Gasteiger partial charge in [0.05, 0.1) is 0 Å². The highest BCUT2D eigenvalue weighted by atomic mass is 15.3. The van der Waals surface area contributed by atoms with E-state index in [1.54, 1.807) is 0 Å². The van der Waals surface area contributed by atoms with Crippen molar-refractivity contribution in [1.82, 2.24) is 19.6 Å². The molecule has 2 aromatic heterocycles. The predicted molar refractivity (Wildman–Crippen MR) is 76.8 cm³/mol. The van der Waals surface area contributed by atoms with Crippen molar-refractivity contribution < 1.29 is 0 Å². The summed E-state index contributed by atoms with van der Waals surface area (Å²) in [6.07, 6.45) is 17.0. The van der Waals surface area contributed by atoms with Crippen molar-refractivity contribution in [2.45, 2.75) is 58.0 Å². The van der Waals surface area contributed by atoms with Crippen LogP contribution in [-0.4, -0.2) is 19.6 Å². The van der Waals surface area contributed by atoms with Gasteiger partial charge in [-0.1, -0.05) is 32.1 Å². The van der Waals surface area contributed by atoms with Gasteiger partial charge in [0, 0.05) is 37.9 Å². The highest BCUT2D eigenvalue weighted by Gasteiger charge is 1.94. The molecule has 4 nitrogen and oxygen atoms in total. The van der Waals surface area contributed by atoms with E-state index in [0.717, 1.165) is 13.1 Å². The van der Waals surface area contributed by atoms with Gasteiger partial charge in [-0.3, -0.25) is 9.36 Å². The van der Waals surface area contributed by atoms with Crippen molar-refractivity contribution in [3.05, 3.63) is 36.9 Å². The third kappa shape index (κ3) is 5.73. The number of aryl methyl sites for hydroxylation is 2. The second kappa shape index (κ2) is 8.51. The lowest BCUT2D eigenvalue weighted by Gasteiger charge is -2.03. The monoisotopic (exact) mass is 260 g/mol. The van der Waals surface area contributed by atoms with E-state index in [2.05, 4.69) is 10.2 Å². The smallest absolute Gasteiger partial charge is 0.0489 e. The van der Waals surface area contributed by atoms with Gasteiger partial charge in [0.15, 0.2) is 0 Å². The molecule has 0 bridgehead atoms. The summed E-state index contributed by atoms with van der Waals surface area (Å²) in [6.45, 7) is 2.12. The number of hydrogen-bond donors (Lipinski definition) is 0. The molecule has 0 aliphatic rings. The van der Waals surface area contributed by atoms with Gasteiger partial charge in [0.1, 0.15) is 0 Å².